The summed E-state index contributed by atoms with van der Waals surface area (Å²) in [5, 5.41) is 8.44. The highest BCUT2D eigenvalue weighted by molar-refractivity contribution is 6.60. The van der Waals surface area contributed by atoms with E-state index < -0.39 is 25.6 Å². The molecular weight excluding hydrogens is 464 g/mol. The molecule has 0 aromatic rings. The maximum Gasteiger partial charge on any atom is 0.501 e. The summed E-state index contributed by atoms with van der Waals surface area (Å²) in [6, 6.07) is 0.669. The first-order valence-electron chi connectivity index (χ1n) is 10.7. The van der Waals surface area contributed by atoms with Crippen molar-refractivity contribution >= 4 is 20.7 Å². The number of rotatable bonds is 14. The number of hydrogen-bond donors (Lipinski definition) is 1. The number of hydrogen-bond acceptors (Lipinski definition) is 6. The summed E-state index contributed by atoms with van der Waals surface area (Å²) in [5.41, 5.74) is -0.964. The Morgan fingerprint density at radius 3 is 1.26 bits per heavy atom. The molecule has 0 bridgehead atoms. The molecule has 0 amide bonds. The van der Waals surface area contributed by atoms with Crippen LogP contribution in [-0.2, 0) is 27.6 Å². The minimum absolute atomic E-state index is 0. The zero-order chi connectivity index (χ0) is 23.1. The standard InChI is InChI=1S/C15H32O5Si.C6H12O2.6CH4/c1-7-15(5,6)14(16)17-12-11-13-21(18-8-2,19-9-3)20-10-4;1-4-6(2,3)5(7)8;;;;;;/h7-13H2,1-6H3;4H2,1-3H3,(H,7,8);6*1H4. The van der Waals surface area contributed by atoms with Crippen LogP contribution < -0.4 is 0 Å². The van der Waals surface area contributed by atoms with E-state index in [1.54, 1.807) is 13.8 Å². The van der Waals surface area contributed by atoms with Crippen molar-refractivity contribution < 1.29 is 32.7 Å². The van der Waals surface area contributed by atoms with Crippen molar-refractivity contribution in [3.05, 3.63) is 0 Å². The van der Waals surface area contributed by atoms with Gasteiger partial charge in [0.05, 0.1) is 17.4 Å². The Morgan fingerprint density at radius 1 is 0.686 bits per heavy atom. The molecule has 0 saturated heterocycles. The van der Waals surface area contributed by atoms with Crippen LogP contribution in [0.2, 0.25) is 6.04 Å². The third-order valence-corrected chi connectivity index (χ3v) is 8.00. The van der Waals surface area contributed by atoms with Crippen LogP contribution in [0.3, 0.4) is 0 Å². The van der Waals surface area contributed by atoms with E-state index in [0.29, 0.717) is 45.3 Å². The molecule has 0 unspecified atom stereocenters. The van der Waals surface area contributed by atoms with Crippen LogP contribution >= 0.6 is 0 Å². The molecule has 0 aromatic heterocycles. The second kappa shape index (κ2) is 27.6. The Hall–Kier alpha value is -0.963. The van der Waals surface area contributed by atoms with E-state index in [2.05, 4.69) is 0 Å². The quantitative estimate of drug-likeness (QED) is 0.136. The molecule has 1 N–H and O–H groups in total. The lowest BCUT2D eigenvalue weighted by Crippen LogP contribution is -2.46. The van der Waals surface area contributed by atoms with Gasteiger partial charge in [-0.25, -0.2) is 0 Å². The molecule has 0 spiro atoms. The number of carbonyl (C=O) groups excluding carboxylic acids is 1. The predicted octanol–water partition coefficient (Wildman–Crippen LogP) is 8.73. The lowest BCUT2D eigenvalue weighted by atomic mass is 9.91. The van der Waals surface area contributed by atoms with Crippen LogP contribution in [0.15, 0.2) is 0 Å². The van der Waals surface area contributed by atoms with Crippen LogP contribution in [0.1, 0.15) is 126 Å². The van der Waals surface area contributed by atoms with Crippen LogP contribution in [0.4, 0.5) is 0 Å². The van der Waals surface area contributed by atoms with Gasteiger partial charge < -0.3 is 23.1 Å². The zero-order valence-corrected chi connectivity index (χ0v) is 21.1. The van der Waals surface area contributed by atoms with Gasteiger partial charge in [-0.05, 0) is 67.7 Å². The summed E-state index contributed by atoms with van der Waals surface area (Å²) >= 11 is 0. The smallest absolute Gasteiger partial charge is 0.481 e. The lowest BCUT2D eigenvalue weighted by molar-refractivity contribution is -0.154. The van der Waals surface area contributed by atoms with Crippen LogP contribution in [0.5, 0.6) is 0 Å². The highest BCUT2D eigenvalue weighted by Crippen LogP contribution is 2.23. The van der Waals surface area contributed by atoms with Gasteiger partial charge in [0.15, 0.2) is 0 Å². The van der Waals surface area contributed by atoms with Gasteiger partial charge in [-0.15, -0.1) is 0 Å². The van der Waals surface area contributed by atoms with Gasteiger partial charge in [-0.3, -0.25) is 9.59 Å². The van der Waals surface area contributed by atoms with E-state index in [-0.39, 0.29) is 50.5 Å². The monoisotopic (exact) mass is 532 g/mol. The summed E-state index contributed by atoms with van der Waals surface area (Å²) in [6.07, 6.45) is 2.14. The normalized spacial score (nSPS) is 10.1. The van der Waals surface area contributed by atoms with E-state index in [9.17, 15) is 9.59 Å². The van der Waals surface area contributed by atoms with Crippen molar-refractivity contribution in [3.8, 4) is 0 Å². The predicted molar refractivity (Wildman–Crippen MR) is 157 cm³/mol. The highest BCUT2D eigenvalue weighted by Gasteiger charge is 2.40. The average Bonchev–Trinajstić information content (AvgIpc) is 2.66. The molecule has 0 heterocycles. The number of carbonyl (C=O) groups is 2. The van der Waals surface area contributed by atoms with E-state index >= 15 is 0 Å². The van der Waals surface area contributed by atoms with Crippen molar-refractivity contribution in [1.82, 2.24) is 0 Å². The third-order valence-electron chi connectivity index (χ3n) is 4.85. The fourth-order valence-electron chi connectivity index (χ4n) is 1.95. The molecule has 0 aliphatic rings. The topological polar surface area (TPSA) is 91.3 Å². The second-order valence-corrected chi connectivity index (χ2v) is 10.7. The Morgan fingerprint density at radius 2 is 1.03 bits per heavy atom. The Bertz CT molecular complexity index is 449. The van der Waals surface area contributed by atoms with Crippen molar-refractivity contribution in [1.29, 1.82) is 0 Å². The van der Waals surface area contributed by atoms with Gasteiger partial charge in [0.1, 0.15) is 0 Å². The molecule has 0 aromatic carbocycles. The highest BCUT2D eigenvalue weighted by atomic mass is 28.4. The average molecular weight is 533 g/mol. The Balaban J connectivity index is -0.0000000760. The molecule has 0 aliphatic carbocycles. The molecule has 35 heavy (non-hydrogen) atoms. The Kier molecular flexibility index (Phi) is 43.2. The molecule has 0 radical (unpaired) electrons. The van der Waals surface area contributed by atoms with Crippen LogP contribution in [-0.4, -0.2) is 52.3 Å². The number of ether oxygens (including phenoxy) is 1. The Labute approximate surface area is 223 Å². The second-order valence-electron chi connectivity index (χ2n) is 8.00. The number of aliphatic carboxylic acids is 1. The molecule has 8 heteroatoms. The summed E-state index contributed by atoms with van der Waals surface area (Å²) in [7, 11) is -2.61. The summed E-state index contributed by atoms with van der Waals surface area (Å²) in [4.78, 5) is 22.1. The minimum Gasteiger partial charge on any atom is -0.481 e. The van der Waals surface area contributed by atoms with Crippen molar-refractivity contribution in [2.75, 3.05) is 26.4 Å². The van der Waals surface area contributed by atoms with Crippen molar-refractivity contribution in [3.63, 3.8) is 0 Å². The lowest BCUT2D eigenvalue weighted by Gasteiger charge is -2.28. The molecule has 7 nitrogen and oxygen atoms in total. The first-order valence-corrected chi connectivity index (χ1v) is 12.6. The minimum atomic E-state index is -2.61. The molecule has 0 rings (SSSR count). The fourth-order valence-corrected chi connectivity index (χ4v) is 4.53. The SMILES string of the molecule is C.C.C.C.C.C.CCC(C)(C)C(=O)O.CCO[Si](CCCOC(=O)C(C)(C)CC)(OCC)OCC. The van der Waals surface area contributed by atoms with Gasteiger partial charge in [-0.2, -0.15) is 0 Å². The zero-order valence-electron chi connectivity index (χ0n) is 20.1. The number of carboxylic acid groups (broad SMARTS) is 1. The van der Waals surface area contributed by atoms with E-state index in [4.69, 9.17) is 23.1 Å². The largest absolute Gasteiger partial charge is 0.501 e. The van der Waals surface area contributed by atoms with Gasteiger partial charge in [0, 0.05) is 25.9 Å². The third kappa shape index (κ3) is 23.2. The maximum atomic E-state index is 11.9. The molecule has 0 atom stereocenters. The first kappa shape index (κ1) is 54.8. The van der Waals surface area contributed by atoms with Gasteiger partial charge in [-0.1, -0.05) is 58.4 Å². The van der Waals surface area contributed by atoms with Crippen molar-refractivity contribution in [2.45, 2.75) is 132 Å². The van der Waals surface area contributed by atoms with E-state index in [0.717, 1.165) is 6.42 Å². The molecular formula is C27H68O7Si. The van der Waals surface area contributed by atoms with Gasteiger partial charge >= 0.3 is 20.7 Å². The summed E-state index contributed by atoms with van der Waals surface area (Å²) in [6.45, 7) is 19.0. The molecule has 222 valence electrons. The molecule has 0 saturated carbocycles. The van der Waals surface area contributed by atoms with Gasteiger partial charge in [0.2, 0.25) is 0 Å². The summed E-state index contributed by atoms with van der Waals surface area (Å²) in [5.74, 6) is -0.874. The number of esters is 1. The van der Waals surface area contributed by atoms with E-state index in [1.807, 2.05) is 48.5 Å². The van der Waals surface area contributed by atoms with Gasteiger partial charge in [0.25, 0.3) is 0 Å². The maximum absolute atomic E-state index is 11.9. The summed E-state index contributed by atoms with van der Waals surface area (Å²) < 4.78 is 22.6. The molecule has 0 aliphatic heterocycles. The van der Waals surface area contributed by atoms with Crippen LogP contribution in [0, 0.1) is 10.8 Å². The van der Waals surface area contributed by atoms with Crippen LogP contribution in [0.25, 0.3) is 0 Å². The number of carboxylic acids is 1. The van der Waals surface area contributed by atoms with E-state index in [1.165, 1.54) is 0 Å². The van der Waals surface area contributed by atoms with Crippen molar-refractivity contribution in [2.24, 2.45) is 10.8 Å². The fraction of sp³-hybridized carbons (Fsp3) is 0.926. The molecule has 0 fully saturated rings. The first-order chi connectivity index (χ1) is 13.4.